The zero-order chi connectivity index (χ0) is 24.6. The maximum atomic E-state index is 12.8. The Kier molecular flexibility index (Phi) is 9.69. The van der Waals surface area contributed by atoms with Crippen LogP contribution in [-0.2, 0) is 29.2 Å². The first-order valence-corrected chi connectivity index (χ1v) is 14.1. The maximum Gasteiger partial charge on any atom is 0.393 e. The van der Waals surface area contributed by atoms with Gasteiger partial charge in [0.05, 0.1) is 44.7 Å². The molecule has 0 radical (unpaired) electrons. The minimum Gasteiger partial charge on any atom is -0.496 e. The average molecular weight is 519 g/mol. The number of sulfone groups is 1. The van der Waals surface area contributed by atoms with Crippen LogP contribution in [0.4, 0.5) is 0 Å². The molecule has 0 bridgehead atoms. The predicted molar refractivity (Wildman–Crippen MR) is 128 cm³/mol. The molecule has 0 fully saturated rings. The summed E-state index contributed by atoms with van der Waals surface area (Å²) in [6.07, 6.45) is 1.41. The van der Waals surface area contributed by atoms with E-state index >= 15 is 0 Å². The molecule has 2 rings (SSSR count). The molecule has 2 aromatic carbocycles. The van der Waals surface area contributed by atoms with Gasteiger partial charge in [-0.1, -0.05) is 6.07 Å². The topological polar surface area (TPSA) is 107 Å². The summed E-state index contributed by atoms with van der Waals surface area (Å²) in [5, 5.41) is 1.09. The molecule has 12 heteroatoms. The van der Waals surface area contributed by atoms with Gasteiger partial charge >= 0.3 is 6.80 Å². The first-order valence-electron chi connectivity index (χ1n) is 9.43. The molecule has 0 heterocycles. The molecule has 2 aromatic rings. The van der Waals surface area contributed by atoms with Crippen molar-refractivity contribution in [1.82, 2.24) is 0 Å². The molecule has 0 N–H and O–H groups in total. The largest absolute Gasteiger partial charge is 0.496 e. The molecule has 0 aliphatic carbocycles. The fraction of sp³-hybridized carbons (Fsp3) is 0.333. The van der Waals surface area contributed by atoms with E-state index < -0.39 is 16.6 Å². The third kappa shape index (κ3) is 7.15. The van der Waals surface area contributed by atoms with E-state index in [0.717, 1.165) is 16.8 Å². The Morgan fingerprint density at radius 2 is 1.42 bits per heavy atom. The lowest BCUT2D eigenvalue weighted by Gasteiger charge is -2.15. The highest BCUT2D eigenvalue weighted by molar-refractivity contribution is 8.55. The van der Waals surface area contributed by atoms with E-state index in [1.54, 1.807) is 30.3 Å². The fourth-order valence-corrected chi connectivity index (χ4v) is 6.47. The van der Waals surface area contributed by atoms with Crippen LogP contribution < -0.4 is 18.9 Å². The second-order valence-corrected chi connectivity index (χ2v) is 12.5. The second-order valence-electron chi connectivity index (χ2n) is 6.44. The molecular weight excluding hydrogens is 491 g/mol. The molecule has 0 unspecified atom stereocenters. The molecule has 0 spiro atoms. The highest BCUT2D eigenvalue weighted by atomic mass is 32.7. The standard InChI is InChI=1S/C21H27O9PS2/c1-25-16-12-19(27-3)17(20(13-16)28-4)9-10-33(23,24)14-15-7-8-18(26-2)21(11-15)32-31(22,29-5)30-6/h7-13H,14H2,1-6H3. The van der Waals surface area contributed by atoms with Gasteiger partial charge in [-0.05, 0) is 35.2 Å². The lowest BCUT2D eigenvalue weighted by atomic mass is 10.1. The van der Waals surface area contributed by atoms with Gasteiger partial charge in [0.1, 0.15) is 23.0 Å². The van der Waals surface area contributed by atoms with E-state index in [0.29, 0.717) is 39.0 Å². The Morgan fingerprint density at radius 1 is 0.848 bits per heavy atom. The minimum atomic E-state index is -3.69. The third-order valence-electron chi connectivity index (χ3n) is 4.45. The fourth-order valence-electron chi connectivity index (χ4n) is 2.80. The normalized spacial score (nSPS) is 12.1. The summed E-state index contributed by atoms with van der Waals surface area (Å²) in [5.74, 6) is 1.42. The molecule has 33 heavy (non-hydrogen) atoms. The van der Waals surface area contributed by atoms with Crippen molar-refractivity contribution in [3.8, 4) is 23.0 Å². The van der Waals surface area contributed by atoms with Crippen LogP contribution >= 0.6 is 18.2 Å². The number of rotatable bonds is 12. The van der Waals surface area contributed by atoms with Crippen LogP contribution in [0.1, 0.15) is 11.1 Å². The molecule has 0 aliphatic heterocycles. The molecule has 0 aromatic heterocycles. The maximum absolute atomic E-state index is 12.8. The van der Waals surface area contributed by atoms with E-state index in [2.05, 4.69) is 0 Å². The van der Waals surface area contributed by atoms with E-state index in [4.69, 9.17) is 28.0 Å². The average Bonchev–Trinajstić information content (AvgIpc) is 2.81. The minimum absolute atomic E-state index is 0.299. The third-order valence-corrected chi connectivity index (χ3v) is 9.52. The van der Waals surface area contributed by atoms with Crippen molar-refractivity contribution >= 4 is 34.1 Å². The monoisotopic (exact) mass is 518 g/mol. The van der Waals surface area contributed by atoms with E-state index in [-0.39, 0.29) is 5.75 Å². The van der Waals surface area contributed by atoms with Gasteiger partial charge in [-0.25, -0.2) is 13.0 Å². The van der Waals surface area contributed by atoms with E-state index in [1.807, 2.05) is 0 Å². The van der Waals surface area contributed by atoms with Gasteiger partial charge in [0.2, 0.25) is 0 Å². The number of hydrogen-bond acceptors (Lipinski definition) is 10. The van der Waals surface area contributed by atoms with Crippen LogP contribution in [0.25, 0.3) is 6.08 Å². The van der Waals surface area contributed by atoms with Crippen LogP contribution in [0, 0.1) is 0 Å². The second kappa shape index (κ2) is 11.8. The lowest BCUT2D eigenvalue weighted by Crippen LogP contribution is -2.01. The van der Waals surface area contributed by atoms with Crippen LogP contribution in [0.2, 0.25) is 0 Å². The van der Waals surface area contributed by atoms with Crippen molar-refractivity contribution in [1.29, 1.82) is 0 Å². The van der Waals surface area contributed by atoms with Gasteiger partial charge in [-0.15, -0.1) is 0 Å². The lowest BCUT2D eigenvalue weighted by molar-refractivity contribution is 0.295. The quantitative estimate of drug-likeness (QED) is 0.364. The first-order chi connectivity index (χ1) is 15.6. The zero-order valence-corrected chi connectivity index (χ0v) is 21.7. The van der Waals surface area contributed by atoms with Crippen molar-refractivity contribution in [3.63, 3.8) is 0 Å². The number of benzene rings is 2. The van der Waals surface area contributed by atoms with E-state index in [1.165, 1.54) is 48.7 Å². The molecule has 0 aliphatic rings. The van der Waals surface area contributed by atoms with Gasteiger partial charge in [-0.3, -0.25) is 0 Å². The summed E-state index contributed by atoms with van der Waals surface area (Å²) in [4.78, 5) is 0.430. The Labute approximate surface area is 198 Å². The van der Waals surface area contributed by atoms with Crippen molar-refractivity contribution < 1.29 is 41.0 Å². The summed E-state index contributed by atoms with van der Waals surface area (Å²) in [5.41, 5.74) is 0.923. The predicted octanol–water partition coefficient (Wildman–Crippen LogP) is 4.80. The molecule has 0 atom stereocenters. The van der Waals surface area contributed by atoms with Crippen LogP contribution in [0.3, 0.4) is 0 Å². The Hall–Kier alpha value is -2.17. The van der Waals surface area contributed by atoms with Crippen molar-refractivity contribution in [2.75, 3.05) is 42.7 Å². The molecule has 182 valence electrons. The molecule has 0 amide bonds. The SMILES string of the molecule is COc1cc(OC)c(C=CS(=O)(=O)Cc2ccc(OC)c(SP(=O)(OC)OC)c2)c(OC)c1. The van der Waals surface area contributed by atoms with Crippen molar-refractivity contribution in [2.24, 2.45) is 0 Å². The number of hydrogen-bond donors (Lipinski definition) is 0. The summed E-state index contributed by atoms with van der Waals surface area (Å²) < 4.78 is 69.3. The van der Waals surface area contributed by atoms with Crippen molar-refractivity contribution in [3.05, 3.63) is 46.9 Å². The van der Waals surface area contributed by atoms with Crippen LogP contribution in [0.5, 0.6) is 23.0 Å². The van der Waals surface area contributed by atoms with E-state index in [9.17, 15) is 13.0 Å². The molecule has 9 nitrogen and oxygen atoms in total. The van der Waals surface area contributed by atoms with Crippen LogP contribution in [0.15, 0.2) is 40.6 Å². The summed E-state index contributed by atoms with van der Waals surface area (Å²) in [6, 6.07) is 8.06. The summed E-state index contributed by atoms with van der Waals surface area (Å²) >= 11 is 0.834. The highest BCUT2D eigenvalue weighted by Gasteiger charge is 2.26. The first kappa shape index (κ1) is 27.1. The van der Waals surface area contributed by atoms with Gasteiger partial charge in [0.25, 0.3) is 0 Å². The van der Waals surface area contributed by atoms with Gasteiger partial charge < -0.3 is 28.0 Å². The Balaban J connectivity index is 2.36. The highest BCUT2D eigenvalue weighted by Crippen LogP contribution is 2.64. The van der Waals surface area contributed by atoms with Crippen LogP contribution in [-0.4, -0.2) is 51.1 Å². The molecule has 0 saturated carbocycles. The smallest absolute Gasteiger partial charge is 0.393 e. The zero-order valence-electron chi connectivity index (χ0n) is 19.2. The Bertz CT molecular complexity index is 1110. The number of ether oxygens (including phenoxy) is 4. The molecule has 0 saturated heterocycles. The number of methoxy groups -OCH3 is 4. The Morgan fingerprint density at radius 3 is 1.91 bits per heavy atom. The summed E-state index contributed by atoms with van der Waals surface area (Å²) in [7, 11) is 4.74. The molecular formula is C21H27O9PS2. The van der Waals surface area contributed by atoms with Gasteiger partial charge in [0.15, 0.2) is 9.84 Å². The van der Waals surface area contributed by atoms with Gasteiger partial charge in [0, 0.05) is 31.8 Å². The van der Waals surface area contributed by atoms with Gasteiger partial charge in [-0.2, -0.15) is 0 Å². The van der Waals surface area contributed by atoms with Crippen molar-refractivity contribution in [2.45, 2.75) is 10.6 Å². The summed E-state index contributed by atoms with van der Waals surface area (Å²) in [6.45, 7) is -3.46.